The highest BCUT2D eigenvalue weighted by Crippen LogP contribution is 2.36. The summed E-state index contributed by atoms with van der Waals surface area (Å²) in [6, 6.07) is 2.05. The van der Waals surface area contributed by atoms with Crippen molar-refractivity contribution in [3.8, 4) is 0 Å². The Morgan fingerprint density at radius 3 is 2.60 bits per heavy atom. The van der Waals surface area contributed by atoms with E-state index in [4.69, 9.17) is 5.73 Å². The average Bonchev–Trinajstić information content (AvgIpc) is 2.91. The van der Waals surface area contributed by atoms with Gasteiger partial charge in [0.2, 0.25) is 5.82 Å². The minimum absolute atomic E-state index is 0.0591. The van der Waals surface area contributed by atoms with Crippen LogP contribution in [-0.2, 0) is 6.18 Å². The van der Waals surface area contributed by atoms with Crippen LogP contribution in [0.5, 0.6) is 0 Å². The molecule has 1 amide bonds. The van der Waals surface area contributed by atoms with Crippen LogP contribution < -0.4 is 16.4 Å². The Balaban J connectivity index is 2.32. The number of rotatable bonds is 5. The molecule has 0 saturated carbocycles. The van der Waals surface area contributed by atoms with Gasteiger partial charge in [-0.05, 0) is 13.0 Å². The van der Waals surface area contributed by atoms with Gasteiger partial charge in [-0.15, -0.1) is 0 Å². The lowest BCUT2D eigenvalue weighted by Crippen LogP contribution is -2.18. The van der Waals surface area contributed by atoms with Gasteiger partial charge in [0.15, 0.2) is 10.8 Å². The number of halogens is 3. The molecule has 0 bridgehead atoms. The van der Waals surface area contributed by atoms with E-state index in [0.29, 0.717) is 17.9 Å². The molecule has 0 fully saturated rings. The molecule has 0 spiro atoms. The highest BCUT2D eigenvalue weighted by molar-refractivity contribution is 7.17. The fourth-order valence-electron chi connectivity index (χ4n) is 1.76. The Morgan fingerprint density at radius 1 is 1.40 bits per heavy atom. The zero-order valence-electron chi connectivity index (χ0n) is 12.5. The number of hydrogen-bond donors (Lipinski definition) is 3. The van der Waals surface area contributed by atoms with E-state index in [1.54, 1.807) is 6.92 Å². The van der Waals surface area contributed by atoms with Crippen molar-refractivity contribution in [2.24, 2.45) is 0 Å². The summed E-state index contributed by atoms with van der Waals surface area (Å²) in [5.41, 5.74) is 3.56. The van der Waals surface area contributed by atoms with E-state index in [9.17, 15) is 28.1 Å². The number of carbonyl (C=O) groups excluding carboxylic acids is 1. The topological polar surface area (TPSA) is 136 Å². The third kappa shape index (κ3) is 4.12. The summed E-state index contributed by atoms with van der Waals surface area (Å²) < 4.78 is 39.1. The fourth-order valence-corrected chi connectivity index (χ4v) is 2.71. The lowest BCUT2D eigenvalue weighted by atomic mass is 10.3. The third-order valence-electron chi connectivity index (χ3n) is 2.77. The summed E-state index contributed by atoms with van der Waals surface area (Å²) in [7, 11) is 0. The van der Waals surface area contributed by atoms with Gasteiger partial charge < -0.3 is 16.4 Å². The molecule has 13 heteroatoms. The van der Waals surface area contributed by atoms with Gasteiger partial charge in [0.05, 0.1) is 4.92 Å². The lowest BCUT2D eigenvalue weighted by Gasteiger charge is -2.07. The number of nitrogens with two attached hydrogens (primary N) is 1. The van der Waals surface area contributed by atoms with Gasteiger partial charge in [0, 0.05) is 12.6 Å². The van der Waals surface area contributed by atoms with Crippen LogP contribution in [0.15, 0.2) is 12.1 Å². The number of thiazole rings is 1. The molecule has 0 aliphatic rings. The Bertz CT molecular complexity index is 823. The van der Waals surface area contributed by atoms with E-state index in [-0.39, 0.29) is 10.9 Å². The van der Waals surface area contributed by atoms with Crippen LogP contribution >= 0.6 is 11.3 Å². The van der Waals surface area contributed by atoms with Crippen LogP contribution in [-0.4, -0.2) is 27.3 Å². The molecule has 9 nitrogen and oxygen atoms in total. The number of pyridine rings is 1. The van der Waals surface area contributed by atoms with E-state index in [2.05, 4.69) is 20.6 Å². The van der Waals surface area contributed by atoms with Gasteiger partial charge in [-0.1, -0.05) is 11.3 Å². The van der Waals surface area contributed by atoms with Gasteiger partial charge in [-0.2, -0.15) is 13.2 Å². The maximum absolute atomic E-state index is 13.0. The molecule has 2 heterocycles. The van der Waals surface area contributed by atoms with Crippen LogP contribution in [0.3, 0.4) is 0 Å². The Hall–Kier alpha value is -2.96. The molecule has 2 rings (SSSR count). The van der Waals surface area contributed by atoms with Crippen LogP contribution in [0.25, 0.3) is 0 Å². The molecule has 0 unspecified atom stereocenters. The number of amides is 1. The number of nitrogens with one attached hydrogen (secondary N) is 2. The molecule has 0 aliphatic heterocycles. The maximum atomic E-state index is 13.0. The number of aromatic nitrogens is 2. The molecule has 0 aliphatic carbocycles. The Labute approximate surface area is 142 Å². The number of nitro groups is 1. The standard InChI is InChI=1S/C12H11F3N6O3S/c1-2-17-11-20-8(12(13,14)15)7(25-11)10(22)19-6-4-3-5(21(23)24)9(16)18-6/h3-4H,2H2,1H3,(H,17,20)(H3,16,18,19,22). The number of alkyl halides is 3. The predicted octanol–water partition coefficient (Wildman–Crippen LogP) is 2.73. The van der Waals surface area contributed by atoms with Crippen molar-refractivity contribution in [2.75, 3.05) is 22.9 Å². The molecule has 2 aromatic heterocycles. The molecule has 2 aromatic rings. The molecule has 134 valence electrons. The van der Waals surface area contributed by atoms with E-state index in [0.717, 1.165) is 12.1 Å². The van der Waals surface area contributed by atoms with Crippen molar-refractivity contribution >= 4 is 39.7 Å². The van der Waals surface area contributed by atoms with Gasteiger partial charge in [-0.3, -0.25) is 14.9 Å². The first kappa shape index (κ1) is 18.4. The predicted molar refractivity (Wildman–Crippen MR) is 84.5 cm³/mol. The smallest absolute Gasteiger partial charge is 0.378 e. The third-order valence-corrected chi connectivity index (χ3v) is 3.78. The molecular formula is C12H11F3N6O3S. The first-order valence-electron chi connectivity index (χ1n) is 6.67. The summed E-state index contributed by atoms with van der Waals surface area (Å²) >= 11 is 0.529. The second kappa shape index (κ2) is 6.88. The summed E-state index contributed by atoms with van der Waals surface area (Å²) in [5.74, 6) is -1.80. The summed E-state index contributed by atoms with van der Waals surface area (Å²) in [5, 5.41) is 15.3. The second-order valence-corrected chi connectivity index (χ2v) is 5.54. The zero-order valence-corrected chi connectivity index (χ0v) is 13.4. The highest BCUT2D eigenvalue weighted by atomic mass is 32.1. The second-order valence-electron chi connectivity index (χ2n) is 4.54. The van der Waals surface area contributed by atoms with Gasteiger partial charge in [0.25, 0.3) is 5.91 Å². The molecule has 0 saturated heterocycles. The highest BCUT2D eigenvalue weighted by Gasteiger charge is 2.39. The van der Waals surface area contributed by atoms with Crippen LogP contribution in [0.2, 0.25) is 0 Å². The fraction of sp³-hybridized carbons (Fsp3) is 0.250. The first-order chi connectivity index (χ1) is 11.6. The van der Waals surface area contributed by atoms with E-state index in [1.165, 1.54) is 0 Å². The van der Waals surface area contributed by atoms with Gasteiger partial charge in [0.1, 0.15) is 10.7 Å². The number of nitrogens with zero attached hydrogens (tertiary/aromatic N) is 3. The SMILES string of the molecule is CCNc1nc(C(F)(F)F)c(C(=O)Nc2ccc([N+](=O)[O-])c(N)n2)s1. The zero-order chi connectivity index (χ0) is 18.8. The normalized spacial score (nSPS) is 11.2. The van der Waals surface area contributed by atoms with E-state index in [1.807, 2.05) is 0 Å². The maximum Gasteiger partial charge on any atom is 0.435 e. The van der Waals surface area contributed by atoms with Crippen molar-refractivity contribution in [1.29, 1.82) is 0 Å². The monoisotopic (exact) mass is 376 g/mol. The van der Waals surface area contributed by atoms with Crippen molar-refractivity contribution in [1.82, 2.24) is 9.97 Å². The molecule has 0 aromatic carbocycles. The largest absolute Gasteiger partial charge is 0.435 e. The van der Waals surface area contributed by atoms with Crippen molar-refractivity contribution < 1.29 is 22.9 Å². The van der Waals surface area contributed by atoms with Crippen LogP contribution in [0, 0.1) is 10.1 Å². The Kier molecular flexibility index (Phi) is 5.06. The number of carbonyl (C=O) groups is 1. The minimum atomic E-state index is -4.82. The number of hydrogen-bond acceptors (Lipinski definition) is 8. The van der Waals surface area contributed by atoms with E-state index < -0.39 is 39.1 Å². The van der Waals surface area contributed by atoms with Crippen molar-refractivity contribution in [3.63, 3.8) is 0 Å². The molecule has 0 radical (unpaired) electrons. The lowest BCUT2D eigenvalue weighted by molar-refractivity contribution is -0.384. The molecular weight excluding hydrogens is 365 g/mol. The summed E-state index contributed by atoms with van der Waals surface area (Å²) in [6.07, 6.45) is -4.82. The Morgan fingerprint density at radius 2 is 2.08 bits per heavy atom. The number of nitrogen functional groups attached to an aromatic ring is 1. The minimum Gasteiger partial charge on any atom is -0.378 e. The molecule has 0 atom stereocenters. The summed E-state index contributed by atoms with van der Waals surface area (Å²) in [6.45, 7) is 1.99. The first-order valence-corrected chi connectivity index (χ1v) is 7.49. The van der Waals surface area contributed by atoms with Gasteiger partial charge >= 0.3 is 11.9 Å². The van der Waals surface area contributed by atoms with E-state index >= 15 is 0 Å². The van der Waals surface area contributed by atoms with Gasteiger partial charge in [-0.25, -0.2) is 9.97 Å². The number of anilines is 3. The van der Waals surface area contributed by atoms with Crippen LogP contribution in [0.1, 0.15) is 22.3 Å². The van der Waals surface area contributed by atoms with Crippen molar-refractivity contribution in [2.45, 2.75) is 13.1 Å². The van der Waals surface area contributed by atoms with Crippen LogP contribution in [0.4, 0.5) is 35.6 Å². The van der Waals surface area contributed by atoms with Crippen molar-refractivity contribution in [3.05, 3.63) is 32.8 Å². The quantitative estimate of drug-likeness (QED) is 0.539. The molecule has 4 N–H and O–H groups in total. The average molecular weight is 376 g/mol. The summed E-state index contributed by atoms with van der Waals surface area (Å²) in [4.78, 5) is 28.3. The molecule has 25 heavy (non-hydrogen) atoms.